The number of hydrogen-bond donors (Lipinski definition) is 1. The number of aromatic nitrogens is 2. The molecule has 2 aromatic heterocycles. The molecule has 0 bridgehead atoms. The summed E-state index contributed by atoms with van der Waals surface area (Å²) in [5, 5.41) is 9.35. The fraction of sp³-hybridized carbons (Fsp3) is 0.353. The van der Waals surface area contributed by atoms with Gasteiger partial charge in [-0.05, 0) is 96.2 Å². The standard InChI is InChI=1S/C27H30F2N4O5.C7H8O2S/c1-26(2,3)37-24(34)33(25(35)38-27(4,5)6)17-13-18(28)22(19(29)14-17)36-20-10-12-31-23-21(20)16(15-32-23)9-7-8-11-30;1-6-2-4-7(5-3-6)10(8)9/h10,12-15H,7-9H2,1-6H3,(H,31,32);2-5H,1H3,(H,8,9)/p-1. The molecule has 1 unspecified atom stereocenters. The molecule has 0 aliphatic carbocycles. The SMILES string of the molecule is CC(C)(C)OC(=O)N(C(=O)OC(C)(C)C)c1cc(F)c(Oc2ccnc3[nH]cc(CCCC#N)c23)c(F)c1.Cc1ccc(S(=O)[O-])cc1. The zero-order valence-electron chi connectivity index (χ0n) is 27.7. The molecule has 14 heteroatoms. The van der Waals surface area contributed by atoms with Crippen molar-refractivity contribution in [3.05, 3.63) is 77.6 Å². The fourth-order valence-corrected chi connectivity index (χ4v) is 4.52. The molecule has 0 aliphatic rings. The Morgan fingerprint density at radius 3 is 2.06 bits per heavy atom. The lowest BCUT2D eigenvalue weighted by atomic mass is 10.1. The van der Waals surface area contributed by atoms with Crippen LogP contribution in [0.4, 0.5) is 24.1 Å². The summed E-state index contributed by atoms with van der Waals surface area (Å²) in [6.07, 6.45) is 2.26. The smallest absolute Gasteiger partial charge is 0.424 e. The minimum absolute atomic E-state index is 0.143. The summed E-state index contributed by atoms with van der Waals surface area (Å²) in [6, 6.07) is 11.8. The van der Waals surface area contributed by atoms with Crippen molar-refractivity contribution in [3.8, 4) is 17.6 Å². The van der Waals surface area contributed by atoms with Crippen molar-refractivity contribution in [3.63, 3.8) is 0 Å². The zero-order chi connectivity index (χ0) is 35.8. The van der Waals surface area contributed by atoms with Crippen LogP contribution in [0, 0.1) is 29.9 Å². The summed E-state index contributed by atoms with van der Waals surface area (Å²) < 4.78 is 67.4. The predicted molar refractivity (Wildman–Crippen MR) is 174 cm³/mol. The van der Waals surface area contributed by atoms with Crippen molar-refractivity contribution >= 4 is 40.0 Å². The minimum Gasteiger partial charge on any atom is -0.768 e. The van der Waals surface area contributed by atoms with E-state index in [-0.39, 0.29) is 5.75 Å². The number of aromatic amines is 1. The molecule has 256 valence electrons. The Kier molecular flexibility index (Phi) is 12.4. The maximum atomic E-state index is 15.3. The molecule has 0 fully saturated rings. The van der Waals surface area contributed by atoms with Crippen molar-refractivity contribution < 1.29 is 41.3 Å². The number of pyridine rings is 1. The summed E-state index contributed by atoms with van der Waals surface area (Å²) in [7, 11) is 0. The Morgan fingerprint density at radius 1 is 1.00 bits per heavy atom. The first kappa shape index (κ1) is 37.6. The topological polar surface area (TPSA) is 158 Å². The van der Waals surface area contributed by atoms with E-state index in [1.165, 1.54) is 12.3 Å². The van der Waals surface area contributed by atoms with Crippen LogP contribution in [0.2, 0.25) is 0 Å². The molecule has 48 heavy (non-hydrogen) atoms. The van der Waals surface area contributed by atoms with Gasteiger partial charge in [0.25, 0.3) is 0 Å². The average molecular weight is 684 g/mol. The van der Waals surface area contributed by atoms with Gasteiger partial charge in [-0.3, -0.25) is 4.21 Å². The third-order valence-electron chi connectivity index (χ3n) is 6.17. The van der Waals surface area contributed by atoms with E-state index in [1.807, 2.05) is 6.92 Å². The van der Waals surface area contributed by atoms with Gasteiger partial charge in [-0.1, -0.05) is 17.7 Å². The molecule has 0 radical (unpaired) electrons. The van der Waals surface area contributed by atoms with E-state index >= 15 is 8.78 Å². The van der Waals surface area contributed by atoms with Crippen LogP contribution in [0.5, 0.6) is 11.5 Å². The van der Waals surface area contributed by atoms with Gasteiger partial charge in [0.2, 0.25) is 0 Å². The third kappa shape index (κ3) is 10.6. The number of unbranched alkanes of at least 4 members (excludes halogenated alkanes) is 1. The van der Waals surface area contributed by atoms with Gasteiger partial charge < -0.3 is 23.7 Å². The van der Waals surface area contributed by atoms with Crippen LogP contribution < -0.4 is 9.64 Å². The van der Waals surface area contributed by atoms with E-state index < -0.39 is 57.5 Å². The Morgan fingerprint density at radius 2 is 1.56 bits per heavy atom. The number of nitrogens with zero attached hydrogens (tertiary/aromatic N) is 3. The van der Waals surface area contributed by atoms with Crippen molar-refractivity contribution in [2.24, 2.45) is 0 Å². The number of carbonyl (C=O) groups excluding carboxylic acids is 2. The molecular formula is C34H37F2N4O7S-. The Hall–Kier alpha value is -4.87. The molecule has 2 aromatic carbocycles. The van der Waals surface area contributed by atoms with E-state index in [0.29, 0.717) is 40.1 Å². The highest BCUT2D eigenvalue weighted by Gasteiger charge is 2.34. The molecule has 4 rings (SSSR count). The molecule has 2 heterocycles. The van der Waals surface area contributed by atoms with Crippen LogP contribution in [0.15, 0.2) is 59.8 Å². The van der Waals surface area contributed by atoms with Gasteiger partial charge in [-0.2, -0.15) is 10.2 Å². The number of halogens is 2. The lowest BCUT2D eigenvalue weighted by Crippen LogP contribution is -2.43. The number of imide groups is 1. The number of nitriles is 1. The van der Waals surface area contributed by atoms with Crippen LogP contribution in [0.1, 0.15) is 65.5 Å². The second-order valence-corrected chi connectivity index (χ2v) is 13.5. The number of amides is 2. The number of carbonyl (C=O) groups is 2. The Bertz CT molecular complexity index is 1770. The van der Waals surface area contributed by atoms with Gasteiger partial charge >= 0.3 is 12.2 Å². The molecule has 2 amide bonds. The van der Waals surface area contributed by atoms with Crippen LogP contribution in [0.25, 0.3) is 11.0 Å². The largest absolute Gasteiger partial charge is 0.768 e. The average Bonchev–Trinajstić information content (AvgIpc) is 3.38. The van der Waals surface area contributed by atoms with E-state index in [9.17, 15) is 18.4 Å². The van der Waals surface area contributed by atoms with E-state index in [0.717, 1.165) is 23.3 Å². The number of H-pyrrole nitrogens is 1. The summed E-state index contributed by atoms with van der Waals surface area (Å²) in [5.74, 6) is -2.92. The fourth-order valence-electron chi connectivity index (χ4n) is 4.16. The number of aryl methyl sites for hydroxylation is 2. The summed E-state index contributed by atoms with van der Waals surface area (Å²) in [6.45, 7) is 11.4. The van der Waals surface area contributed by atoms with E-state index in [2.05, 4.69) is 16.0 Å². The number of ether oxygens (including phenoxy) is 3. The quantitative estimate of drug-likeness (QED) is 0.149. The predicted octanol–water partition coefficient (Wildman–Crippen LogP) is 8.39. The second-order valence-electron chi connectivity index (χ2n) is 12.5. The van der Waals surface area contributed by atoms with Gasteiger partial charge in [-0.15, -0.1) is 0 Å². The highest BCUT2D eigenvalue weighted by atomic mass is 32.2. The van der Waals surface area contributed by atoms with E-state index in [4.69, 9.17) is 19.5 Å². The Labute approximate surface area is 280 Å². The molecular weight excluding hydrogens is 646 g/mol. The van der Waals surface area contributed by atoms with Crippen molar-refractivity contribution in [2.45, 2.75) is 83.8 Å². The number of fused-ring (bicyclic) bond motifs is 1. The molecule has 0 aliphatic heterocycles. The normalized spacial score (nSPS) is 11.9. The van der Waals surface area contributed by atoms with Gasteiger partial charge in [-0.25, -0.2) is 23.4 Å². The molecule has 0 saturated heterocycles. The number of rotatable bonds is 7. The molecule has 1 N–H and O–H groups in total. The first-order chi connectivity index (χ1) is 22.4. The maximum Gasteiger partial charge on any atom is 0.424 e. The summed E-state index contributed by atoms with van der Waals surface area (Å²) in [5.41, 5.74) is -0.134. The summed E-state index contributed by atoms with van der Waals surface area (Å²) in [4.78, 5) is 33.7. The number of anilines is 1. The molecule has 11 nitrogen and oxygen atoms in total. The van der Waals surface area contributed by atoms with Crippen LogP contribution in [-0.2, 0) is 27.0 Å². The number of hydrogen-bond acceptors (Lipinski definition) is 9. The van der Waals surface area contributed by atoms with Gasteiger partial charge in [0, 0.05) is 35.8 Å². The lowest BCUT2D eigenvalue weighted by molar-refractivity contribution is 0.0430. The van der Waals surface area contributed by atoms with Gasteiger partial charge in [0.1, 0.15) is 22.6 Å². The molecule has 1 atom stereocenters. The maximum absolute atomic E-state index is 15.3. The lowest BCUT2D eigenvalue weighted by Gasteiger charge is -2.28. The molecule has 4 aromatic rings. The van der Waals surface area contributed by atoms with Crippen LogP contribution >= 0.6 is 0 Å². The summed E-state index contributed by atoms with van der Waals surface area (Å²) >= 11 is -2.09. The van der Waals surface area contributed by atoms with E-state index in [1.54, 1.807) is 72.0 Å². The second kappa shape index (κ2) is 15.8. The van der Waals surface area contributed by atoms with Gasteiger partial charge in [0.05, 0.1) is 17.1 Å². The highest BCUT2D eigenvalue weighted by molar-refractivity contribution is 7.79. The first-order valence-electron chi connectivity index (χ1n) is 14.8. The van der Waals surface area contributed by atoms with Crippen molar-refractivity contribution in [2.75, 3.05) is 4.90 Å². The number of benzene rings is 2. The monoisotopic (exact) mass is 683 g/mol. The van der Waals surface area contributed by atoms with Crippen LogP contribution in [0.3, 0.4) is 0 Å². The molecule has 0 spiro atoms. The Balaban J connectivity index is 0.000000533. The van der Waals surface area contributed by atoms with Crippen molar-refractivity contribution in [1.29, 1.82) is 5.26 Å². The zero-order valence-corrected chi connectivity index (χ0v) is 28.5. The number of nitrogens with one attached hydrogen (secondary N) is 1. The third-order valence-corrected chi connectivity index (χ3v) is 6.83. The van der Waals surface area contributed by atoms with Crippen LogP contribution in [-0.4, -0.2) is 42.1 Å². The first-order valence-corrected chi connectivity index (χ1v) is 15.9. The molecule has 0 saturated carbocycles. The highest BCUT2D eigenvalue weighted by Crippen LogP contribution is 2.36. The van der Waals surface area contributed by atoms with Gasteiger partial charge in [0.15, 0.2) is 17.4 Å². The van der Waals surface area contributed by atoms with Crippen molar-refractivity contribution in [1.82, 2.24) is 9.97 Å². The minimum atomic E-state index is -2.09.